The molecule has 1 aliphatic heterocycles. The predicted octanol–water partition coefficient (Wildman–Crippen LogP) is 8.05. The number of rotatable bonds is 8. The van der Waals surface area contributed by atoms with Gasteiger partial charge in [0, 0.05) is 34.1 Å². The molecule has 2 fully saturated rings. The number of phenolic OH excluding ortho intramolecular Hbond substituents is 1. The van der Waals surface area contributed by atoms with Crippen LogP contribution in [0.2, 0.25) is 0 Å². The number of allylic oxidation sites excluding steroid dienone is 4. The summed E-state index contributed by atoms with van der Waals surface area (Å²) in [5.74, 6) is -5.29. The number of para-hydroxylation sites is 1. The molecule has 282 valence electrons. The van der Waals surface area contributed by atoms with Crippen molar-refractivity contribution >= 4 is 40.4 Å². The number of amides is 2. The van der Waals surface area contributed by atoms with Crippen LogP contribution in [-0.4, -0.2) is 40.9 Å². The number of ether oxygens (including phenoxy) is 1. The fourth-order valence-electron chi connectivity index (χ4n) is 10.0. The minimum Gasteiger partial charge on any atom is -0.504 e. The molecule has 1 saturated heterocycles. The maximum Gasteiger partial charge on any atom is 0.238 e. The molecule has 0 unspecified atom stereocenters. The van der Waals surface area contributed by atoms with Crippen molar-refractivity contribution in [3.63, 3.8) is 0 Å². The van der Waals surface area contributed by atoms with Gasteiger partial charge in [0.15, 0.2) is 28.8 Å². The zero-order chi connectivity index (χ0) is 39.4. The van der Waals surface area contributed by atoms with Crippen LogP contribution in [-0.2, 0) is 24.6 Å². The summed E-state index contributed by atoms with van der Waals surface area (Å²) in [5.41, 5.74) is 2.52. The highest BCUT2D eigenvalue weighted by atomic mass is 16.5. The zero-order valence-electron chi connectivity index (χ0n) is 31.2. The van der Waals surface area contributed by atoms with Crippen molar-refractivity contribution in [1.29, 1.82) is 0 Å². The van der Waals surface area contributed by atoms with E-state index in [0.29, 0.717) is 39.1 Å². The lowest BCUT2D eigenvalue weighted by Gasteiger charge is -2.55. The van der Waals surface area contributed by atoms with Crippen LogP contribution in [0.4, 0.5) is 5.69 Å². The first-order valence-electron chi connectivity index (χ1n) is 19.4. The summed E-state index contributed by atoms with van der Waals surface area (Å²) in [6.07, 6.45) is 3.79. The van der Waals surface area contributed by atoms with Gasteiger partial charge in [0.25, 0.3) is 0 Å². The molecule has 8 heteroatoms. The highest BCUT2D eigenvalue weighted by Crippen LogP contribution is 2.65. The summed E-state index contributed by atoms with van der Waals surface area (Å²) in [6.45, 7) is 2.11. The number of imide groups is 1. The van der Waals surface area contributed by atoms with E-state index < -0.39 is 40.9 Å². The maximum absolute atomic E-state index is 15.3. The Balaban J connectivity index is 1.19. The molecule has 0 bridgehead atoms. The average Bonchev–Trinajstić information content (AvgIpc) is 3.51. The Bertz CT molecular complexity index is 2510. The van der Waals surface area contributed by atoms with Crippen LogP contribution in [0.1, 0.15) is 58.3 Å². The van der Waals surface area contributed by atoms with Crippen molar-refractivity contribution in [1.82, 2.24) is 0 Å². The van der Waals surface area contributed by atoms with Gasteiger partial charge in [-0.15, -0.1) is 0 Å². The highest BCUT2D eigenvalue weighted by Gasteiger charge is 2.66. The minimum absolute atomic E-state index is 0.135. The average molecular weight is 754 g/mol. The van der Waals surface area contributed by atoms with E-state index in [2.05, 4.69) is 0 Å². The second kappa shape index (κ2) is 14.1. The van der Waals surface area contributed by atoms with E-state index >= 15 is 9.59 Å². The standard InChI is InChI=1S/C49H39NO7/c1-2-57-40-20-12-19-36(46(40)54)43-34-25-26-35-42(48(56)50(47(35)55)33-23-21-31(22-24-33)44(52)30-15-8-4-9-16-30)38(34)27-39-45(53)37(29-13-6-3-7-14-29)28-41(51)49(39,43)32-17-10-5-11-18-32/h3-25,28,35,38-39,42-43,54H,2,26-27H2,1H3/t35-,38+,39-,42-,43+,49-/m0/s1. The SMILES string of the molecule is CCOc1cccc([C@H]2C3=CC[C@@H]4C(=O)N(c5ccc(C(=O)c6ccccc6)cc5)C(=O)[C@@H]4[C@@H]3C[C@H]3C(=O)C(c4ccccc4)=CC(=O)[C@@]23c2ccccc2)c1O. The Morgan fingerprint density at radius 1 is 0.754 bits per heavy atom. The minimum atomic E-state index is -1.49. The van der Waals surface area contributed by atoms with Crippen LogP contribution < -0.4 is 9.64 Å². The van der Waals surface area contributed by atoms with E-state index in [1.165, 1.54) is 11.0 Å². The number of nitrogens with zero attached hydrogens (tertiary/aromatic N) is 1. The van der Waals surface area contributed by atoms with Gasteiger partial charge in [-0.3, -0.25) is 28.9 Å². The van der Waals surface area contributed by atoms with Crippen LogP contribution in [0.5, 0.6) is 11.5 Å². The number of hydrogen-bond donors (Lipinski definition) is 1. The van der Waals surface area contributed by atoms with Crippen molar-refractivity contribution in [2.24, 2.45) is 23.7 Å². The molecule has 8 nitrogen and oxygen atoms in total. The maximum atomic E-state index is 15.3. The molecular formula is C49H39NO7. The van der Waals surface area contributed by atoms with Crippen molar-refractivity contribution in [2.75, 3.05) is 11.5 Å². The van der Waals surface area contributed by atoms with Crippen LogP contribution in [0, 0.1) is 23.7 Å². The Hall–Kier alpha value is -6.67. The molecule has 57 heavy (non-hydrogen) atoms. The third kappa shape index (κ3) is 5.53. The van der Waals surface area contributed by atoms with Crippen molar-refractivity contribution in [2.45, 2.75) is 31.1 Å². The van der Waals surface area contributed by atoms with Crippen LogP contribution in [0.3, 0.4) is 0 Å². The lowest BCUT2D eigenvalue weighted by Crippen LogP contribution is -2.58. The molecule has 0 aromatic heterocycles. The van der Waals surface area contributed by atoms with Gasteiger partial charge in [-0.05, 0) is 73.2 Å². The molecule has 0 spiro atoms. The summed E-state index contributed by atoms with van der Waals surface area (Å²) < 4.78 is 5.85. The van der Waals surface area contributed by atoms with Gasteiger partial charge in [0.05, 0.1) is 29.5 Å². The molecule has 4 aliphatic rings. The van der Waals surface area contributed by atoms with Gasteiger partial charge in [0.1, 0.15) is 0 Å². The number of phenols is 1. The lowest BCUT2D eigenvalue weighted by atomic mass is 9.44. The number of hydrogen-bond acceptors (Lipinski definition) is 7. The number of carbonyl (C=O) groups is 5. The number of aromatic hydroxyl groups is 1. The smallest absolute Gasteiger partial charge is 0.238 e. The van der Waals surface area contributed by atoms with Crippen molar-refractivity contribution in [3.05, 3.63) is 179 Å². The van der Waals surface area contributed by atoms with E-state index in [9.17, 15) is 19.5 Å². The van der Waals surface area contributed by atoms with Crippen LogP contribution >= 0.6 is 0 Å². The first-order chi connectivity index (χ1) is 27.7. The van der Waals surface area contributed by atoms with E-state index in [4.69, 9.17) is 4.74 Å². The molecule has 1 heterocycles. The normalized spacial score (nSPS) is 25.2. The monoisotopic (exact) mass is 753 g/mol. The molecule has 5 aromatic rings. The number of anilines is 1. The number of carbonyl (C=O) groups excluding carboxylic acids is 5. The third-order valence-electron chi connectivity index (χ3n) is 12.4. The number of fused-ring (bicyclic) bond motifs is 4. The molecule has 9 rings (SSSR count). The summed E-state index contributed by atoms with van der Waals surface area (Å²) in [6, 6.07) is 39.0. The fourth-order valence-corrected chi connectivity index (χ4v) is 10.0. The number of ketones is 3. The first kappa shape index (κ1) is 36.0. The van der Waals surface area contributed by atoms with Crippen molar-refractivity contribution < 1.29 is 33.8 Å². The van der Waals surface area contributed by atoms with Gasteiger partial charge in [-0.1, -0.05) is 115 Å². The Kier molecular flexibility index (Phi) is 8.92. The Morgan fingerprint density at radius 2 is 1.40 bits per heavy atom. The van der Waals surface area contributed by atoms with E-state index in [1.54, 1.807) is 66.7 Å². The van der Waals surface area contributed by atoms with Gasteiger partial charge in [-0.2, -0.15) is 0 Å². The number of Topliss-reactive ketones (excluding diaryl/α,β-unsaturated/α-hetero) is 1. The topological polar surface area (TPSA) is 118 Å². The van der Waals surface area contributed by atoms with Gasteiger partial charge < -0.3 is 9.84 Å². The molecule has 3 aliphatic carbocycles. The van der Waals surface area contributed by atoms with E-state index in [-0.39, 0.29) is 54.2 Å². The molecular weight excluding hydrogens is 715 g/mol. The summed E-state index contributed by atoms with van der Waals surface area (Å²) in [5, 5.41) is 12.0. The van der Waals surface area contributed by atoms with Crippen LogP contribution in [0.25, 0.3) is 5.57 Å². The second-order valence-electron chi connectivity index (χ2n) is 15.2. The number of benzene rings is 5. The van der Waals surface area contributed by atoms with E-state index in [1.807, 2.05) is 79.7 Å². The summed E-state index contributed by atoms with van der Waals surface area (Å²) in [4.78, 5) is 74.0. The van der Waals surface area contributed by atoms with E-state index in [0.717, 1.165) is 5.57 Å². The lowest BCUT2D eigenvalue weighted by molar-refractivity contribution is -0.135. The molecule has 2 amide bonds. The summed E-state index contributed by atoms with van der Waals surface area (Å²) in [7, 11) is 0. The van der Waals surface area contributed by atoms with Gasteiger partial charge in [-0.25, -0.2) is 0 Å². The molecule has 1 N–H and O–H groups in total. The second-order valence-corrected chi connectivity index (χ2v) is 15.2. The molecule has 1 saturated carbocycles. The largest absolute Gasteiger partial charge is 0.504 e. The van der Waals surface area contributed by atoms with Crippen LogP contribution in [0.15, 0.2) is 151 Å². The zero-order valence-corrected chi connectivity index (χ0v) is 31.2. The predicted molar refractivity (Wildman–Crippen MR) is 215 cm³/mol. The molecule has 5 aromatic carbocycles. The Morgan fingerprint density at radius 3 is 2.09 bits per heavy atom. The summed E-state index contributed by atoms with van der Waals surface area (Å²) >= 11 is 0. The fraction of sp³-hybridized carbons (Fsp3) is 0.204. The first-order valence-corrected chi connectivity index (χ1v) is 19.4. The Labute approximate surface area is 330 Å². The van der Waals surface area contributed by atoms with Gasteiger partial charge >= 0.3 is 0 Å². The molecule has 6 atom stereocenters. The highest BCUT2D eigenvalue weighted by molar-refractivity contribution is 6.32. The third-order valence-corrected chi connectivity index (χ3v) is 12.4. The quantitative estimate of drug-likeness (QED) is 0.0968. The molecule has 0 radical (unpaired) electrons. The van der Waals surface area contributed by atoms with Gasteiger partial charge in [0.2, 0.25) is 11.8 Å². The van der Waals surface area contributed by atoms with Crippen molar-refractivity contribution in [3.8, 4) is 11.5 Å².